The summed E-state index contributed by atoms with van der Waals surface area (Å²) in [4.78, 5) is 31.0. The summed E-state index contributed by atoms with van der Waals surface area (Å²) in [6.45, 7) is 7.36. The van der Waals surface area contributed by atoms with Crippen LogP contribution in [0.4, 0.5) is 8.78 Å². The molecule has 1 atom stereocenters. The molecule has 0 radical (unpaired) electrons. The van der Waals surface area contributed by atoms with Crippen molar-refractivity contribution in [2.24, 2.45) is 11.8 Å². The van der Waals surface area contributed by atoms with Gasteiger partial charge < -0.3 is 9.80 Å². The Labute approximate surface area is 176 Å². The number of nitriles is 1. The molecule has 2 aliphatic heterocycles. The zero-order chi connectivity index (χ0) is 21.8. The van der Waals surface area contributed by atoms with Gasteiger partial charge in [0.15, 0.2) is 0 Å². The summed E-state index contributed by atoms with van der Waals surface area (Å²) in [6, 6.07) is 5.16. The lowest BCUT2D eigenvalue weighted by Gasteiger charge is -2.40. The van der Waals surface area contributed by atoms with Crippen molar-refractivity contribution in [2.45, 2.75) is 32.7 Å². The van der Waals surface area contributed by atoms with Crippen LogP contribution in [-0.4, -0.2) is 71.8 Å². The van der Waals surface area contributed by atoms with E-state index in [-0.39, 0.29) is 29.3 Å². The first kappa shape index (κ1) is 22.2. The molecule has 162 valence electrons. The topological polar surface area (TPSA) is 67.7 Å². The Bertz CT molecular complexity index is 823. The maximum atomic E-state index is 13.9. The molecular weight excluding hydrogens is 390 g/mol. The highest BCUT2D eigenvalue weighted by molar-refractivity contribution is 5.94. The summed E-state index contributed by atoms with van der Waals surface area (Å²) < 4.78 is 27.0. The van der Waals surface area contributed by atoms with Crippen molar-refractivity contribution in [2.75, 3.05) is 39.3 Å². The number of likely N-dealkylation sites (tertiary alicyclic amines) is 1. The summed E-state index contributed by atoms with van der Waals surface area (Å²) in [5.41, 5.74) is -0.144. The van der Waals surface area contributed by atoms with Crippen molar-refractivity contribution in [3.05, 3.63) is 35.4 Å². The first-order valence-electron chi connectivity index (χ1n) is 10.5. The number of piperazine rings is 1. The molecule has 0 N–H and O–H groups in total. The van der Waals surface area contributed by atoms with Crippen LogP contribution in [0.15, 0.2) is 18.2 Å². The van der Waals surface area contributed by atoms with E-state index in [2.05, 4.69) is 11.0 Å². The molecule has 0 spiro atoms. The van der Waals surface area contributed by atoms with Gasteiger partial charge in [0, 0.05) is 51.3 Å². The van der Waals surface area contributed by atoms with Gasteiger partial charge >= 0.3 is 0 Å². The molecule has 2 heterocycles. The fraction of sp³-hybridized carbons (Fsp3) is 0.591. The molecule has 0 bridgehead atoms. The number of carbonyl (C=O) groups excluding carboxylic acids is 2. The quantitative estimate of drug-likeness (QED) is 0.754. The lowest BCUT2D eigenvalue weighted by atomic mass is 9.94. The van der Waals surface area contributed by atoms with Gasteiger partial charge in [-0.1, -0.05) is 13.8 Å². The second-order valence-corrected chi connectivity index (χ2v) is 8.37. The van der Waals surface area contributed by atoms with Gasteiger partial charge in [-0.05, 0) is 30.9 Å². The average Bonchev–Trinajstić information content (AvgIpc) is 2.74. The SMILES string of the molecule is CC(C)C(C#N)N1CCN(C(=O)C2CCN(C(=O)c3ccc(F)cc3F)CC2)CC1. The van der Waals surface area contributed by atoms with E-state index in [4.69, 9.17) is 0 Å². The molecule has 2 saturated heterocycles. The number of piperidine rings is 1. The number of amides is 2. The molecule has 1 aromatic rings. The average molecular weight is 418 g/mol. The Morgan fingerprint density at radius 3 is 2.20 bits per heavy atom. The third-order valence-electron chi connectivity index (χ3n) is 6.08. The number of hydrogen-bond acceptors (Lipinski definition) is 4. The number of benzene rings is 1. The lowest BCUT2D eigenvalue weighted by molar-refractivity contribution is -0.139. The normalized spacial score (nSPS) is 19.6. The minimum Gasteiger partial charge on any atom is -0.340 e. The molecule has 30 heavy (non-hydrogen) atoms. The summed E-state index contributed by atoms with van der Waals surface area (Å²) in [6.07, 6.45) is 1.06. The molecule has 0 aromatic heterocycles. The number of rotatable bonds is 4. The van der Waals surface area contributed by atoms with E-state index in [1.165, 1.54) is 4.90 Å². The van der Waals surface area contributed by atoms with E-state index < -0.39 is 17.5 Å². The predicted octanol–water partition coefficient (Wildman–Crippen LogP) is 2.51. The summed E-state index contributed by atoms with van der Waals surface area (Å²) >= 11 is 0. The summed E-state index contributed by atoms with van der Waals surface area (Å²) in [5, 5.41) is 9.36. The van der Waals surface area contributed by atoms with Gasteiger partial charge in [0.1, 0.15) is 17.7 Å². The van der Waals surface area contributed by atoms with E-state index >= 15 is 0 Å². The first-order valence-corrected chi connectivity index (χ1v) is 10.5. The second kappa shape index (κ2) is 9.52. The van der Waals surface area contributed by atoms with Crippen LogP contribution in [0.25, 0.3) is 0 Å². The Morgan fingerprint density at radius 2 is 1.67 bits per heavy atom. The second-order valence-electron chi connectivity index (χ2n) is 8.37. The molecule has 0 saturated carbocycles. The Morgan fingerprint density at radius 1 is 1.03 bits per heavy atom. The molecule has 2 fully saturated rings. The Kier molecular flexibility index (Phi) is 7.03. The molecule has 6 nitrogen and oxygen atoms in total. The highest BCUT2D eigenvalue weighted by atomic mass is 19.1. The third kappa shape index (κ3) is 4.78. The van der Waals surface area contributed by atoms with Crippen LogP contribution in [0.1, 0.15) is 37.0 Å². The molecule has 2 aliphatic rings. The molecular formula is C22H28F2N4O2. The van der Waals surface area contributed by atoms with Crippen molar-refractivity contribution in [1.82, 2.24) is 14.7 Å². The van der Waals surface area contributed by atoms with E-state index in [0.29, 0.717) is 58.2 Å². The van der Waals surface area contributed by atoms with E-state index in [9.17, 15) is 23.6 Å². The summed E-state index contributed by atoms with van der Waals surface area (Å²) in [5.74, 6) is -1.88. The van der Waals surface area contributed by atoms with Crippen LogP contribution < -0.4 is 0 Å². The van der Waals surface area contributed by atoms with E-state index in [1.54, 1.807) is 0 Å². The van der Waals surface area contributed by atoms with E-state index in [1.807, 2.05) is 18.7 Å². The maximum absolute atomic E-state index is 13.9. The van der Waals surface area contributed by atoms with Crippen molar-refractivity contribution in [3.8, 4) is 6.07 Å². The number of carbonyl (C=O) groups is 2. The highest BCUT2D eigenvalue weighted by Gasteiger charge is 2.34. The highest BCUT2D eigenvalue weighted by Crippen LogP contribution is 2.23. The lowest BCUT2D eigenvalue weighted by Crippen LogP contribution is -2.54. The monoisotopic (exact) mass is 418 g/mol. The van der Waals surface area contributed by atoms with Crippen molar-refractivity contribution >= 4 is 11.8 Å². The van der Waals surface area contributed by atoms with Gasteiger partial charge in [0.25, 0.3) is 5.91 Å². The van der Waals surface area contributed by atoms with Gasteiger partial charge in [-0.15, -0.1) is 0 Å². The van der Waals surface area contributed by atoms with Crippen LogP contribution >= 0.6 is 0 Å². The molecule has 2 amide bonds. The van der Waals surface area contributed by atoms with Crippen LogP contribution in [0.5, 0.6) is 0 Å². The standard InChI is InChI=1S/C22H28F2N4O2/c1-15(2)20(14-25)26-9-11-28(12-10-26)21(29)16-5-7-27(8-6-16)22(30)18-4-3-17(23)13-19(18)24/h3-4,13,15-16,20H,5-12H2,1-2H3. The number of hydrogen-bond donors (Lipinski definition) is 0. The van der Waals surface area contributed by atoms with Crippen LogP contribution in [0.3, 0.4) is 0 Å². The van der Waals surface area contributed by atoms with Gasteiger partial charge in [0.2, 0.25) is 5.91 Å². The minimum absolute atomic E-state index is 0.0905. The van der Waals surface area contributed by atoms with Crippen LogP contribution in [-0.2, 0) is 4.79 Å². The predicted molar refractivity (Wildman–Crippen MR) is 107 cm³/mol. The third-order valence-corrected chi connectivity index (χ3v) is 6.08. The van der Waals surface area contributed by atoms with Gasteiger partial charge in [-0.25, -0.2) is 8.78 Å². The van der Waals surface area contributed by atoms with Gasteiger partial charge in [-0.2, -0.15) is 5.26 Å². The Hall–Kier alpha value is -2.53. The zero-order valence-corrected chi connectivity index (χ0v) is 17.5. The molecule has 1 unspecified atom stereocenters. The largest absolute Gasteiger partial charge is 0.340 e. The first-order chi connectivity index (χ1) is 14.3. The summed E-state index contributed by atoms with van der Waals surface area (Å²) in [7, 11) is 0. The minimum atomic E-state index is -0.867. The van der Waals surface area contributed by atoms with Crippen LogP contribution in [0, 0.1) is 34.8 Å². The van der Waals surface area contributed by atoms with Crippen molar-refractivity contribution in [3.63, 3.8) is 0 Å². The Balaban J connectivity index is 1.51. The van der Waals surface area contributed by atoms with Crippen molar-refractivity contribution in [1.29, 1.82) is 5.26 Å². The molecule has 0 aliphatic carbocycles. The molecule has 1 aromatic carbocycles. The number of halogens is 2. The smallest absolute Gasteiger partial charge is 0.256 e. The van der Waals surface area contributed by atoms with Gasteiger partial charge in [-0.3, -0.25) is 14.5 Å². The number of nitrogens with zero attached hydrogens (tertiary/aromatic N) is 4. The van der Waals surface area contributed by atoms with E-state index in [0.717, 1.165) is 12.1 Å². The van der Waals surface area contributed by atoms with Crippen molar-refractivity contribution < 1.29 is 18.4 Å². The van der Waals surface area contributed by atoms with Crippen LogP contribution in [0.2, 0.25) is 0 Å². The zero-order valence-electron chi connectivity index (χ0n) is 17.5. The molecule has 3 rings (SSSR count). The fourth-order valence-electron chi connectivity index (χ4n) is 4.29. The fourth-order valence-corrected chi connectivity index (χ4v) is 4.29. The molecule has 8 heteroatoms. The maximum Gasteiger partial charge on any atom is 0.256 e. The van der Waals surface area contributed by atoms with Gasteiger partial charge in [0.05, 0.1) is 11.6 Å².